The lowest BCUT2D eigenvalue weighted by molar-refractivity contribution is 0.641. The first-order valence-electron chi connectivity index (χ1n) is 6.33. The third kappa shape index (κ3) is 2.83. The van der Waals surface area contributed by atoms with Gasteiger partial charge in [0.25, 0.3) is 0 Å². The van der Waals surface area contributed by atoms with E-state index in [-0.39, 0.29) is 17.7 Å². The molecule has 11 heteroatoms. The highest BCUT2D eigenvalue weighted by Gasteiger charge is 2.29. The highest BCUT2D eigenvalue weighted by molar-refractivity contribution is 7.99. The molecule has 1 fully saturated rings. The van der Waals surface area contributed by atoms with Crippen molar-refractivity contribution in [3.8, 4) is 0 Å². The van der Waals surface area contributed by atoms with E-state index in [9.17, 15) is 4.79 Å². The molecule has 10 nitrogen and oxygen atoms in total. The maximum absolute atomic E-state index is 11.7. The molecule has 0 aliphatic heterocycles. The topological polar surface area (TPSA) is 131 Å². The molecule has 2 aromatic rings. The lowest BCUT2D eigenvalue weighted by Crippen LogP contribution is -2.18. The number of nitrogens with one attached hydrogen (secondary N) is 2. The molecule has 3 rings (SSSR count). The van der Waals surface area contributed by atoms with Gasteiger partial charge in [0.05, 0.1) is 0 Å². The summed E-state index contributed by atoms with van der Waals surface area (Å²) in [5.41, 5.74) is 2.20. The van der Waals surface area contributed by atoms with Crippen LogP contribution in [0, 0.1) is 0 Å². The summed E-state index contributed by atoms with van der Waals surface area (Å²) >= 11 is 1.20. The molecule has 0 spiro atoms. The van der Waals surface area contributed by atoms with Crippen LogP contribution >= 0.6 is 11.8 Å². The Bertz CT molecular complexity index is 705. The number of nitrogen functional groups attached to an aromatic ring is 1. The van der Waals surface area contributed by atoms with Gasteiger partial charge in [-0.2, -0.15) is 15.0 Å². The van der Waals surface area contributed by atoms with Crippen molar-refractivity contribution in [1.29, 1.82) is 0 Å². The molecule has 2 heterocycles. The van der Waals surface area contributed by atoms with Gasteiger partial charge in [-0.25, -0.2) is 15.7 Å². The standard InChI is InChI=1S/C10H15N9OS/c1-18(2)7-12-6(15-11)13-8(14-7)21-10-17-16-9(20)19(10)5-3-4-5/h5H,3-4,11H2,1-2H3,(H,16,20)(H,12,13,14,15). The van der Waals surface area contributed by atoms with Gasteiger partial charge in [-0.15, -0.1) is 5.10 Å². The van der Waals surface area contributed by atoms with Gasteiger partial charge in [-0.1, -0.05) is 0 Å². The largest absolute Gasteiger partial charge is 0.347 e. The summed E-state index contributed by atoms with van der Waals surface area (Å²) in [5, 5.41) is 7.45. The van der Waals surface area contributed by atoms with Gasteiger partial charge in [0.2, 0.25) is 17.1 Å². The van der Waals surface area contributed by atoms with Crippen molar-refractivity contribution < 1.29 is 0 Å². The molecule has 0 radical (unpaired) electrons. The van der Waals surface area contributed by atoms with E-state index >= 15 is 0 Å². The van der Waals surface area contributed by atoms with Gasteiger partial charge in [0.1, 0.15) is 0 Å². The zero-order chi connectivity index (χ0) is 15.0. The van der Waals surface area contributed by atoms with Gasteiger partial charge in [0, 0.05) is 20.1 Å². The minimum atomic E-state index is -0.209. The van der Waals surface area contributed by atoms with Crippen LogP contribution in [-0.4, -0.2) is 43.8 Å². The van der Waals surface area contributed by atoms with E-state index in [0.29, 0.717) is 16.3 Å². The number of nitrogens with two attached hydrogens (primary N) is 1. The minimum absolute atomic E-state index is 0.209. The van der Waals surface area contributed by atoms with Crippen LogP contribution < -0.4 is 21.9 Å². The van der Waals surface area contributed by atoms with Crippen molar-refractivity contribution in [2.45, 2.75) is 29.2 Å². The van der Waals surface area contributed by atoms with E-state index in [1.165, 1.54) is 11.8 Å². The Balaban J connectivity index is 1.94. The lowest BCUT2D eigenvalue weighted by atomic mass is 10.7. The molecule has 21 heavy (non-hydrogen) atoms. The lowest BCUT2D eigenvalue weighted by Gasteiger charge is -2.12. The van der Waals surface area contributed by atoms with Gasteiger partial charge < -0.3 is 4.90 Å². The predicted molar refractivity (Wildman–Crippen MR) is 77.2 cm³/mol. The molecule has 0 unspecified atom stereocenters. The number of hydrogen-bond acceptors (Lipinski definition) is 9. The molecule has 1 aliphatic carbocycles. The number of hydrogen-bond donors (Lipinski definition) is 3. The molecule has 0 bridgehead atoms. The third-order valence-electron chi connectivity index (χ3n) is 2.90. The fourth-order valence-corrected chi connectivity index (χ4v) is 2.60. The summed E-state index contributed by atoms with van der Waals surface area (Å²) in [5.74, 6) is 6.09. The molecule has 1 saturated carbocycles. The Kier molecular flexibility index (Phi) is 3.51. The highest BCUT2D eigenvalue weighted by Crippen LogP contribution is 2.37. The van der Waals surface area contributed by atoms with Crippen molar-refractivity contribution in [2.75, 3.05) is 24.4 Å². The number of nitrogens with zero attached hydrogens (tertiary/aromatic N) is 6. The highest BCUT2D eigenvalue weighted by atomic mass is 32.2. The van der Waals surface area contributed by atoms with Crippen molar-refractivity contribution in [3.05, 3.63) is 10.5 Å². The van der Waals surface area contributed by atoms with Gasteiger partial charge in [-0.3, -0.25) is 9.99 Å². The number of anilines is 2. The van der Waals surface area contributed by atoms with Crippen molar-refractivity contribution in [1.82, 2.24) is 29.7 Å². The Morgan fingerprint density at radius 2 is 2.14 bits per heavy atom. The zero-order valence-corrected chi connectivity index (χ0v) is 12.4. The number of aromatic amines is 1. The zero-order valence-electron chi connectivity index (χ0n) is 11.6. The maximum atomic E-state index is 11.7. The molecule has 0 atom stereocenters. The average molecular weight is 309 g/mol. The van der Waals surface area contributed by atoms with E-state index in [1.54, 1.807) is 9.47 Å². The number of rotatable bonds is 5. The van der Waals surface area contributed by atoms with Gasteiger partial charge in [0.15, 0.2) is 5.16 Å². The third-order valence-corrected chi connectivity index (χ3v) is 3.73. The van der Waals surface area contributed by atoms with Crippen LogP contribution in [0.5, 0.6) is 0 Å². The van der Waals surface area contributed by atoms with Crippen LogP contribution in [0.2, 0.25) is 0 Å². The van der Waals surface area contributed by atoms with Crippen molar-refractivity contribution >= 4 is 23.7 Å². The molecular weight excluding hydrogens is 294 g/mol. The van der Waals surface area contributed by atoms with Crippen LogP contribution in [0.25, 0.3) is 0 Å². The summed E-state index contributed by atoms with van der Waals surface area (Å²) in [6, 6.07) is 0.223. The van der Waals surface area contributed by atoms with E-state index in [2.05, 4.69) is 30.6 Å². The van der Waals surface area contributed by atoms with Gasteiger partial charge >= 0.3 is 5.69 Å². The number of H-pyrrole nitrogens is 1. The summed E-state index contributed by atoms with van der Waals surface area (Å²) < 4.78 is 1.64. The molecule has 2 aromatic heterocycles. The van der Waals surface area contributed by atoms with E-state index in [4.69, 9.17) is 5.84 Å². The molecule has 112 valence electrons. The smallest absolute Gasteiger partial charge is 0.344 e. The summed E-state index contributed by atoms with van der Waals surface area (Å²) in [4.78, 5) is 26.1. The van der Waals surface area contributed by atoms with E-state index < -0.39 is 0 Å². The Morgan fingerprint density at radius 1 is 1.38 bits per heavy atom. The SMILES string of the molecule is CN(C)c1nc(NN)nc(Sc2n[nH]c(=O)n2C2CC2)n1. The normalized spacial score (nSPS) is 14.2. The van der Waals surface area contributed by atoms with Crippen LogP contribution in [0.4, 0.5) is 11.9 Å². The monoisotopic (exact) mass is 309 g/mol. The quantitative estimate of drug-likeness (QED) is 0.498. The summed E-state index contributed by atoms with van der Waals surface area (Å²) in [6.45, 7) is 0. The second-order valence-electron chi connectivity index (χ2n) is 4.79. The molecule has 0 saturated heterocycles. The second kappa shape index (κ2) is 5.33. The van der Waals surface area contributed by atoms with Crippen molar-refractivity contribution in [2.24, 2.45) is 5.84 Å². The maximum Gasteiger partial charge on any atom is 0.344 e. The molecule has 0 aromatic carbocycles. The Labute approximate surface area is 124 Å². The van der Waals surface area contributed by atoms with Crippen molar-refractivity contribution in [3.63, 3.8) is 0 Å². The number of hydrazine groups is 1. The van der Waals surface area contributed by atoms with Crippen LogP contribution in [0.1, 0.15) is 18.9 Å². The summed E-state index contributed by atoms with van der Waals surface area (Å²) in [6.07, 6.45) is 1.98. The first-order valence-corrected chi connectivity index (χ1v) is 7.15. The Hall–Kier alpha value is -2.14. The average Bonchev–Trinajstić information content (AvgIpc) is 3.23. The van der Waals surface area contributed by atoms with Crippen LogP contribution in [0.3, 0.4) is 0 Å². The number of aromatic nitrogens is 6. The summed E-state index contributed by atoms with van der Waals surface area (Å²) in [7, 11) is 3.64. The van der Waals surface area contributed by atoms with E-state index in [1.807, 2.05) is 14.1 Å². The second-order valence-corrected chi connectivity index (χ2v) is 5.73. The molecule has 0 amide bonds. The molecular formula is C10H15N9OS. The fourth-order valence-electron chi connectivity index (χ4n) is 1.75. The van der Waals surface area contributed by atoms with Gasteiger partial charge in [-0.05, 0) is 24.6 Å². The van der Waals surface area contributed by atoms with Crippen LogP contribution in [0.15, 0.2) is 15.1 Å². The fraction of sp³-hybridized carbons (Fsp3) is 0.500. The first kappa shape index (κ1) is 13.8. The molecule has 4 N–H and O–H groups in total. The predicted octanol–water partition coefficient (Wildman–Crippen LogP) is -0.406. The Morgan fingerprint density at radius 3 is 2.76 bits per heavy atom. The molecule has 1 aliphatic rings. The first-order chi connectivity index (χ1) is 10.1. The minimum Gasteiger partial charge on any atom is -0.347 e. The van der Waals surface area contributed by atoms with Crippen LogP contribution in [-0.2, 0) is 0 Å². The van der Waals surface area contributed by atoms with E-state index in [0.717, 1.165) is 12.8 Å².